The maximum atomic E-state index is 5.28. The van der Waals surface area contributed by atoms with Crippen LogP contribution in [0.3, 0.4) is 0 Å². The Morgan fingerprint density at radius 1 is 1.05 bits per heavy atom. The van der Waals surface area contributed by atoms with Crippen LogP contribution in [-0.2, 0) is 19.7 Å². The molecule has 0 N–H and O–H groups in total. The zero-order valence-electron chi connectivity index (χ0n) is 12.0. The molecule has 4 nitrogen and oxygen atoms in total. The first-order valence-electron chi connectivity index (χ1n) is 6.15. The molecule has 0 radical (unpaired) electrons. The summed E-state index contributed by atoms with van der Waals surface area (Å²) in [5.41, 5.74) is 2.06. The van der Waals surface area contributed by atoms with E-state index >= 15 is 0 Å². The van der Waals surface area contributed by atoms with E-state index in [2.05, 4.69) is 0 Å². The van der Waals surface area contributed by atoms with Crippen LogP contribution < -0.4 is 4.74 Å². The molecule has 1 aromatic rings. The van der Waals surface area contributed by atoms with E-state index in [0.717, 1.165) is 16.9 Å². The molecular formula is C16H16O4Si. The summed E-state index contributed by atoms with van der Waals surface area (Å²) < 4.78 is 20.6. The first-order chi connectivity index (χ1) is 10.1. The van der Waals surface area contributed by atoms with Crippen LogP contribution in [0.15, 0.2) is 18.2 Å². The average Bonchev–Trinajstić information content (AvgIpc) is 2.47. The molecule has 0 saturated heterocycles. The summed E-state index contributed by atoms with van der Waals surface area (Å²) in [6.07, 6.45) is 22.2. The number of aryl methyl sites for hydroxylation is 2. The quantitative estimate of drug-likeness (QED) is 0.572. The first-order valence-corrected chi connectivity index (χ1v) is 8.08. The molecule has 0 bridgehead atoms. The lowest BCUT2D eigenvalue weighted by Gasteiger charge is -2.21. The van der Waals surface area contributed by atoms with E-state index in [0.29, 0.717) is 12.5 Å². The Morgan fingerprint density at radius 2 is 1.62 bits per heavy atom. The third-order valence-electron chi connectivity index (χ3n) is 2.84. The summed E-state index contributed by atoms with van der Waals surface area (Å²) in [7, 11) is -1.65. The highest BCUT2D eigenvalue weighted by molar-refractivity contribution is 6.61. The fraction of sp³-hybridized carbons (Fsp3) is 0.250. The molecule has 0 saturated carbocycles. The number of terminal acetylenes is 3. The van der Waals surface area contributed by atoms with Gasteiger partial charge in [0.25, 0.3) is 0 Å². The number of ether oxygens (including phenoxy) is 1. The molecule has 1 aromatic carbocycles. The van der Waals surface area contributed by atoms with Gasteiger partial charge in [0, 0.05) is 0 Å². The van der Waals surface area contributed by atoms with E-state index in [1.165, 1.54) is 0 Å². The summed E-state index contributed by atoms with van der Waals surface area (Å²) in [4.78, 5) is 0. The van der Waals surface area contributed by atoms with Crippen molar-refractivity contribution in [1.82, 2.24) is 0 Å². The van der Waals surface area contributed by atoms with Crippen LogP contribution in [-0.4, -0.2) is 15.9 Å². The second-order valence-electron chi connectivity index (χ2n) is 4.15. The molecule has 0 heterocycles. The van der Waals surface area contributed by atoms with Crippen LogP contribution in [0.25, 0.3) is 0 Å². The lowest BCUT2D eigenvalue weighted by Crippen LogP contribution is -2.42. The molecule has 0 aliphatic rings. The predicted octanol–water partition coefficient (Wildman–Crippen LogP) is 2.31. The van der Waals surface area contributed by atoms with Gasteiger partial charge >= 0.3 is 8.80 Å². The second-order valence-corrected chi connectivity index (χ2v) is 6.63. The van der Waals surface area contributed by atoms with Crippen LogP contribution in [0.4, 0.5) is 0 Å². The van der Waals surface area contributed by atoms with Crippen molar-refractivity contribution in [2.75, 3.05) is 7.11 Å². The van der Waals surface area contributed by atoms with E-state index in [9.17, 15) is 0 Å². The Bertz CT molecular complexity index is 563. The molecule has 0 amide bonds. The van der Waals surface area contributed by atoms with Crippen molar-refractivity contribution in [3.8, 4) is 43.3 Å². The summed E-state index contributed by atoms with van der Waals surface area (Å²) in [6, 6.07) is 6.22. The fourth-order valence-electron chi connectivity index (χ4n) is 1.80. The van der Waals surface area contributed by atoms with Crippen molar-refractivity contribution in [2.45, 2.75) is 19.4 Å². The highest BCUT2D eigenvalue weighted by Crippen LogP contribution is 2.23. The molecule has 0 unspecified atom stereocenters. The van der Waals surface area contributed by atoms with Gasteiger partial charge in [-0.25, -0.2) is 0 Å². The zero-order valence-corrected chi connectivity index (χ0v) is 13.0. The van der Waals surface area contributed by atoms with Crippen molar-refractivity contribution in [2.24, 2.45) is 0 Å². The molecule has 5 heteroatoms. The molecule has 1 rings (SSSR count). The first kappa shape index (κ1) is 16.4. The van der Waals surface area contributed by atoms with Crippen molar-refractivity contribution in [3.63, 3.8) is 0 Å². The van der Waals surface area contributed by atoms with E-state index < -0.39 is 8.80 Å². The number of benzene rings is 1. The molecule has 0 aliphatic carbocycles. The van der Waals surface area contributed by atoms with Gasteiger partial charge in [0.15, 0.2) is 0 Å². The third-order valence-corrected chi connectivity index (χ3v) is 4.98. The predicted molar refractivity (Wildman–Crippen MR) is 81.8 cm³/mol. The summed E-state index contributed by atoms with van der Waals surface area (Å²) in [5.74, 6) is 0.799. The number of rotatable bonds is 7. The Morgan fingerprint density at radius 3 is 2.10 bits per heavy atom. The van der Waals surface area contributed by atoms with E-state index in [1.807, 2.05) is 43.4 Å². The van der Waals surface area contributed by atoms with Crippen molar-refractivity contribution in [3.05, 3.63) is 29.3 Å². The minimum absolute atomic E-state index is 0.359. The molecule has 0 fully saturated rings. The topological polar surface area (TPSA) is 36.9 Å². The number of methoxy groups -OCH3 is 1. The van der Waals surface area contributed by atoms with Crippen molar-refractivity contribution >= 4 is 8.80 Å². The summed E-state index contributed by atoms with van der Waals surface area (Å²) in [5, 5.41) is 0. The highest BCUT2D eigenvalue weighted by atomic mass is 28.4. The Balaban J connectivity index is 2.89. The Hall–Kier alpha value is -2.68. The van der Waals surface area contributed by atoms with Crippen LogP contribution in [0, 0.1) is 44.5 Å². The molecule has 0 aliphatic heterocycles. The van der Waals surface area contributed by atoms with Crippen LogP contribution >= 0.6 is 0 Å². The molecular weight excluding hydrogens is 284 g/mol. The van der Waals surface area contributed by atoms with Gasteiger partial charge in [-0.3, -0.25) is 0 Å². The SMILES string of the molecule is C#CO[Si](CCc1ccc(C)c(OC)c1)(OC#C)OC#C. The summed E-state index contributed by atoms with van der Waals surface area (Å²) in [6.45, 7) is 1.96. The molecule has 21 heavy (non-hydrogen) atoms. The molecule has 0 atom stereocenters. The van der Waals surface area contributed by atoms with Crippen molar-refractivity contribution < 1.29 is 18.0 Å². The van der Waals surface area contributed by atoms with Gasteiger partial charge in [-0.05, 0) is 30.5 Å². The maximum absolute atomic E-state index is 5.28. The second kappa shape index (κ2) is 7.80. The number of hydrogen-bond donors (Lipinski definition) is 0. The number of hydrogen-bond acceptors (Lipinski definition) is 4. The van der Waals surface area contributed by atoms with Crippen LogP contribution in [0.5, 0.6) is 5.75 Å². The van der Waals surface area contributed by atoms with Gasteiger partial charge in [0.1, 0.15) is 5.75 Å². The summed E-state index contributed by atoms with van der Waals surface area (Å²) >= 11 is 0. The minimum Gasteiger partial charge on any atom is -0.496 e. The van der Waals surface area contributed by atoms with Gasteiger partial charge < -0.3 is 18.0 Å². The van der Waals surface area contributed by atoms with E-state index in [-0.39, 0.29) is 0 Å². The molecule has 0 spiro atoms. The van der Waals surface area contributed by atoms with Gasteiger partial charge in [-0.1, -0.05) is 31.4 Å². The van der Waals surface area contributed by atoms with Crippen LogP contribution in [0.1, 0.15) is 11.1 Å². The van der Waals surface area contributed by atoms with Crippen LogP contribution in [0.2, 0.25) is 6.04 Å². The largest absolute Gasteiger partial charge is 0.725 e. The van der Waals surface area contributed by atoms with E-state index in [4.69, 9.17) is 37.3 Å². The average molecular weight is 300 g/mol. The fourth-order valence-corrected chi connectivity index (χ4v) is 3.37. The van der Waals surface area contributed by atoms with Gasteiger partial charge in [0.05, 0.1) is 31.5 Å². The minimum atomic E-state index is -3.27. The normalized spacial score (nSPS) is 9.67. The Kier molecular flexibility index (Phi) is 6.08. The smallest absolute Gasteiger partial charge is 0.496 e. The lowest BCUT2D eigenvalue weighted by molar-refractivity contribution is 0.212. The zero-order chi connectivity index (χ0) is 15.7. The highest BCUT2D eigenvalue weighted by Gasteiger charge is 2.48. The molecule has 0 aromatic heterocycles. The monoisotopic (exact) mass is 300 g/mol. The maximum Gasteiger partial charge on any atom is 0.725 e. The van der Waals surface area contributed by atoms with Gasteiger partial charge in [-0.15, -0.1) is 0 Å². The van der Waals surface area contributed by atoms with Gasteiger partial charge in [-0.2, -0.15) is 0 Å². The standard InChI is InChI=1S/C16H16O4Si/c1-6-18-21(19-7-2,20-8-3)12-11-15-10-9-14(4)16(13-15)17-5/h1-3,9-10,13H,11-12H2,4-5H3. The third kappa shape index (κ3) is 4.42. The van der Waals surface area contributed by atoms with E-state index in [1.54, 1.807) is 7.11 Å². The lowest BCUT2D eigenvalue weighted by atomic mass is 10.1. The molecule has 108 valence electrons. The van der Waals surface area contributed by atoms with Gasteiger partial charge in [0.2, 0.25) is 0 Å². The Labute approximate surface area is 126 Å². The van der Waals surface area contributed by atoms with Crippen molar-refractivity contribution in [1.29, 1.82) is 0 Å².